The molecule has 2 amide bonds. The van der Waals surface area contributed by atoms with E-state index in [1.54, 1.807) is 13.8 Å². The van der Waals surface area contributed by atoms with Gasteiger partial charge in [-0.25, -0.2) is 9.36 Å². The van der Waals surface area contributed by atoms with Gasteiger partial charge in [-0.3, -0.25) is 14.6 Å². The first kappa shape index (κ1) is 23.9. The normalized spacial score (nSPS) is 13.1. The lowest BCUT2D eigenvalue weighted by Crippen LogP contribution is -2.40. The summed E-state index contributed by atoms with van der Waals surface area (Å²) in [4.78, 5) is 41.1. The zero-order chi connectivity index (χ0) is 21.5. The van der Waals surface area contributed by atoms with E-state index in [1.807, 2.05) is 0 Å². The Balaban J connectivity index is 2.68. The number of anilines is 1. The number of alkyl halides is 3. The molecule has 0 aliphatic rings. The van der Waals surface area contributed by atoms with E-state index in [-0.39, 0.29) is 18.0 Å². The van der Waals surface area contributed by atoms with Crippen LogP contribution in [0, 0.1) is 5.92 Å². The number of hydrogen-bond acceptors (Lipinski definition) is 5. The lowest BCUT2D eigenvalue weighted by atomic mass is 10.1. The zero-order valence-electron chi connectivity index (χ0n) is 14.9. The molecule has 0 radical (unpaired) electrons. The number of benzene rings is 1. The maximum absolute atomic E-state index is 12.5. The molecule has 13 heteroatoms. The fraction of sp³-hybridized carbons (Fsp3) is 0.467. The largest absolute Gasteiger partial charge is 0.471 e. The average Bonchev–Trinajstić information content (AvgIpc) is 2.52. The predicted octanol–water partition coefficient (Wildman–Crippen LogP) is 2.85. The summed E-state index contributed by atoms with van der Waals surface area (Å²) in [5.41, 5.74) is -0.875. The van der Waals surface area contributed by atoms with Gasteiger partial charge in [-0.2, -0.15) is 13.2 Å². The molecule has 1 aromatic rings. The first-order valence-electron chi connectivity index (χ1n) is 7.90. The monoisotopic (exact) mass is 428 g/mol. The van der Waals surface area contributed by atoms with Crippen LogP contribution in [0.15, 0.2) is 24.3 Å². The summed E-state index contributed by atoms with van der Waals surface area (Å²) in [7, 11) is -4.78. The van der Waals surface area contributed by atoms with Gasteiger partial charge < -0.3 is 19.8 Å². The molecule has 1 aromatic carbocycles. The number of phosphoric acid groups is 1. The first-order chi connectivity index (χ1) is 12.8. The SMILES string of the molecule is CC(C)C[C@H](OC(=O)Nc1ccc(C(F)(F)F)cc1)C(=O)NCOP(=O)(O)O. The molecular weight excluding hydrogens is 408 g/mol. The Hall–Kier alpha value is -2.14. The zero-order valence-corrected chi connectivity index (χ0v) is 15.8. The van der Waals surface area contributed by atoms with Crippen LogP contribution in [-0.2, 0) is 24.8 Å². The molecule has 1 rings (SSSR count). The second kappa shape index (κ2) is 9.87. The van der Waals surface area contributed by atoms with E-state index in [4.69, 9.17) is 14.5 Å². The second-order valence-corrected chi connectivity index (χ2v) is 7.27. The minimum Gasteiger partial charge on any atom is -0.436 e. The molecule has 0 heterocycles. The van der Waals surface area contributed by atoms with Crippen molar-refractivity contribution in [1.82, 2.24) is 5.32 Å². The van der Waals surface area contributed by atoms with Gasteiger partial charge in [-0.05, 0) is 36.6 Å². The molecule has 0 saturated carbocycles. The maximum atomic E-state index is 12.5. The van der Waals surface area contributed by atoms with Gasteiger partial charge in [0.15, 0.2) is 6.10 Å². The Kier molecular flexibility index (Phi) is 8.43. The van der Waals surface area contributed by atoms with Crippen molar-refractivity contribution in [3.05, 3.63) is 29.8 Å². The molecule has 9 nitrogen and oxygen atoms in total. The highest BCUT2D eigenvalue weighted by Gasteiger charge is 2.30. The molecule has 0 aliphatic carbocycles. The fourth-order valence-corrected chi connectivity index (χ4v) is 2.19. The van der Waals surface area contributed by atoms with E-state index < -0.39 is 44.4 Å². The molecule has 1 atom stereocenters. The van der Waals surface area contributed by atoms with Crippen LogP contribution in [-0.4, -0.2) is 34.6 Å². The van der Waals surface area contributed by atoms with Gasteiger partial charge in [0.05, 0.1) is 5.56 Å². The standard InChI is InChI=1S/C15H20F3N2O7P/c1-9(2)7-12(13(21)19-8-26-28(23,24)25)27-14(22)20-11-5-3-10(4-6-11)15(16,17)18/h3-6,9,12H,7-8H2,1-2H3,(H,19,21)(H,20,22)(H2,23,24,25)/t12-/m0/s1. The molecule has 0 bridgehead atoms. The first-order valence-corrected chi connectivity index (χ1v) is 9.43. The molecule has 0 unspecified atom stereocenters. The van der Waals surface area contributed by atoms with Crippen molar-refractivity contribution in [3.63, 3.8) is 0 Å². The summed E-state index contributed by atoms with van der Waals surface area (Å²) in [6.07, 6.45) is -6.83. The predicted molar refractivity (Wildman–Crippen MR) is 90.9 cm³/mol. The van der Waals surface area contributed by atoms with Gasteiger partial charge in [0.2, 0.25) is 0 Å². The fourth-order valence-electron chi connectivity index (χ4n) is 1.96. The van der Waals surface area contributed by atoms with Crippen molar-refractivity contribution < 1.29 is 46.4 Å². The number of phosphoric ester groups is 1. The number of carbonyl (C=O) groups is 2. The van der Waals surface area contributed by atoms with Gasteiger partial charge >= 0.3 is 20.1 Å². The number of hydrogen-bond donors (Lipinski definition) is 4. The van der Waals surface area contributed by atoms with Gasteiger partial charge in [0, 0.05) is 5.69 Å². The van der Waals surface area contributed by atoms with Gasteiger partial charge in [0.1, 0.15) is 6.73 Å². The van der Waals surface area contributed by atoms with Crippen LogP contribution >= 0.6 is 7.82 Å². The van der Waals surface area contributed by atoms with Crippen LogP contribution in [0.25, 0.3) is 0 Å². The van der Waals surface area contributed by atoms with E-state index in [0.29, 0.717) is 0 Å². The number of ether oxygens (including phenoxy) is 1. The molecule has 4 N–H and O–H groups in total. The highest BCUT2D eigenvalue weighted by molar-refractivity contribution is 7.46. The Morgan fingerprint density at radius 1 is 1.18 bits per heavy atom. The van der Waals surface area contributed by atoms with Crippen LogP contribution < -0.4 is 10.6 Å². The molecule has 158 valence electrons. The summed E-state index contributed by atoms with van der Waals surface area (Å²) in [6.45, 7) is 2.68. The van der Waals surface area contributed by atoms with E-state index in [9.17, 15) is 27.3 Å². The number of halogens is 3. The van der Waals surface area contributed by atoms with Gasteiger partial charge in [-0.1, -0.05) is 13.8 Å². The molecule has 0 fully saturated rings. The Bertz CT molecular complexity index is 719. The minimum absolute atomic E-state index is 0.0199. The summed E-state index contributed by atoms with van der Waals surface area (Å²) in [5, 5.41) is 4.25. The highest BCUT2D eigenvalue weighted by Crippen LogP contribution is 2.34. The summed E-state index contributed by atoms with van der Waals surface area (Å²) < 4.78 is 57.2. The van der Waals surface area contributed by atoms with Crippen molar-refractivity contribution in [2.24, 2.45) is 5.92 Å². The lowest BCUT2D eigenvalue weighted by Gasteiger charge is -2.19. The van der Waals surface area contributed by atoms with Crippen molar-refractivity contribution in [2.45, 2.75) is 32.5 Å². The van der Waals surface area contributed by atoms with Crippen LogP contribution in [0.2, 0.25) is 0 Å². The van der Waals surface area contributed by atoms with Crippen molar-refractivity contribution in [1.29, 1.82) is 0 Å². The van der Waals surface area contributed by atoms with Crippen molar-refractivity contribution in [3.8, 4) is 0 Å². The van der Waals surface area contributed by atoms with Crippen LogP contribution in [0.5, 0.6) is 0 Å². The van der Waals surface area contributed by atoms with Crippen LogP contribution in [0.3, 0.4) is 0 Å². The summed E-state index contributed by atoms with van der Waals surface area (Å²) >= 11 is 0. The summed E-state index contributed by atoms with van der Waals surface area (Å²) in [6, 6.07) is 3.59. The van der Waals surface area contributed by atoms with E-state index in [2.05, 4.69) is 15.2 Å². The number of rotatable bonds is 8. The quantitative estimate of drug-likeness (QED) is 0.370. The topological polar surface area (TPSA) is 134 Å². The van der Waals surface area contributed by atoms with Crippen LogP contribution in [0.4, 0.5) is 23.7 Å². The smallest absolute Gasteiger partial charge is 0.436 e. The van der Waals surface area contributed by atoms with E-state index >= 15 is 0 Å². The number of nitrogens with one attached hydrogen (secondary N) is 2. The Morgan fingerprint density at radius 3 is 2.21 bits per heavy atom. The third kappa shape index (κ3) is 9.18. The number of amides is 2. The molecule has 0 aromatic heterocycles. The molecule has 28 heavy (non-hydrogen) atoms. The maximum Gasteiger partial charge on any atom is 0.471 e. The van der Waals surface area contributed by atoms with Crippen LogP contribution in [0.1, 0.15) is 25.8 Å². The highest BCUT2D eigenvalue weighted by atomic mass is 31.2. The van der Waals surface area contributed by atoms with Crippen molar-refractivity contribution in [2.75, 3.05) is 12.0 Å². The minimum atomic E-state index is -4.78. The Labute approximate surface area is 158 Å². The van der Waals surface area contributed by atoms with Crippen molar-refractivity contribution >= 4 is 25.5 Å². The molecule has 0 saturated heterocycles. The van der Waals surface area contributed by atoms with E-state index in [0.717, 1.165) is 24.3 Å². The Morgan fingerprint density at radius 2 is 1.75 bits per heavy atom. The second-order valence-electron chi connectivity index (χ2n) is 6.03. The third-order valence-electron chi connectivity index (χ3n) is 3.16. The molecule has 0 aliphatic heterocycles. The lowest BCUT2D eigenvalue weighted by molar-refractivity contribution is -0.137. The third-order valence-corrected chi connectivity index (χ3v) is 3.63. The van der Waals surface area contributed by atoms with Gasteiger partial charge in [0.25, 0.3) is 5.91 Å². The van der Waals surface area contributed by atoms with E-state index in [1.165, 1.54) is 0 Å². The number of carbonyl (C=O) groups excluding carboxylic acids is 2. The average molecular weight is 428 g/mol. The van der Waals surface area contributed by atoms with Gasteiger partial charge in [-0.15, -0.1) is 0 Å². The molecular formula is C15H20F3N2O7P. The summed E-state index contributed by atoms with van der Waals surface area (Å²) in [5.74, 6) is -0.943. The molecule has 0 spiro atoms.